The van der Waals surface area contributed by atoms with Crippen LogP contribution >= 0.6 is 48.9 Å². The van der Waals surface area contributed by atoms with Gasteiger partial charge in [0.05, 0.1) is 26.4 Å². The molecule has 36 nitrogen and oxygen atoms in total. The molecule has 0 spiro atoms. The SMILES string of the molecule is CCCCCCOc1c2cc(NC(=S)N(CCN(CCN)CCN)CCN(CCN)CCN)cc1Cc1cc(NC(=S)N(CCN(CCN)CCN)CCN(CCN)CCN)cc(c1OCCCCCC)Cc1cc(NC(=S)N(CCN(CCN)CCN)CCN(CCN)CCN)cc(c1OCCCCCC)Cc1cc(NC(=S)N(CCN(CCN)CCN)CCN(CCN)CCN)cc(c1OCCCCCC)C2. The van der Waals surface area contributed by atoms with Gasteiger partial charge in [0.2, 0.25) is 0 Å². The highest BCUT2D eigenvalue weighted by atomic mass is 32.1. The van der Waals surface area contributed by atoms with E-state index in [0.29, 0.717) is 387 Å². The van der Waals surface area contributed by atoms with E-state index in [-0.39, 0.29) is 0 Å². The quantitative estimate of drug-likeness (QED) is 0.0193. The molecule has 144 heavy (non-hydrogen) atoms. The van der Waals surface area contributed by atoms with Gasteiger partial charge in [0.1, 0.15) is 23.0 Å². The lowest BCUT2D eigenvalue weighted by atomic mass is 9.90. The molecule has 40 heteroatoms. The van der Waals surface area contributed by atoms with Crippen molar-refractivity contribution in [1.29, 1.82) is 0 Å². The zero-order chi connectivity index (χ0) is 105. The number of unbranched alkanes of at least 4 members (excludes halogenated alkanes) is 12. The van der Waals surface area contributed by atoms with Crippen molar-refractivity contribution < 1.29 is 18.9 Å². The van der Waals surface area contributed by atoms with Crippen LogP contribution in [0.15, 0.2) is 48.5 Å². The first kappa shape index (κ1) is 128. The van der Waals surface area contributed by atoms with Crippen LogP contribution in [0.2, 0.25) is 0 Å². The van der Waals surface area contributed by atoms with Crippen molar-refractivity contribution >= 4 is 92.1 Å². The summed E-state index contributed by atoms with van der Waals surface area (Å²) < 4.78 is 30.7. The minimum atomic E-state index is 0.312. The van der Waals surface area contributed by atoms with Crippen LogP contribution in [0.4, 0.5) is 22.7 Å². The van der Waals surface area contributed by atoms with Gasteiger partial charge in [-0.1, -0.05) is 105 Å². The molecule has 0 aliphatic heterocycles. The van der Waals surface area contributed by atoms with Crippen LogP contribution in [0.1, 0.15) is 175 Å². The Bertz CT molecular complexity index is 3340. The molecule has 0 saturated carbocycles. The summed E-state index contributed by atoms with van der Waals surface area (Å²) >= 11 is 27.4. The lowest BCUT2D eigenvalue weighted by Crippen LogP contribution is -2.47. The largest absolute Gasteiger partial charge is 0.493 e. The smallest absolute Gasteiger partial charge is 0.173 e. The van der Waals surface area contributed by atoms with Gasteiger partial charge in [-0.3, -0.25) is 39.2 Å². The molecule has 0 heterocycles. The number of anilines is 4. The zero-order valence-electron chi connectivity index (χ0n) is 89.4. The average molecular weight is 2090 g/mol. The Morgan fingerprint density at radius 1 is 0.201 bits per heavy atom. The molecule has 5 rings (SSSR count). The van der Waals surface area contributed by atoms with Crippen molar-refractivity contribution in [1.82, 2.24) is 58.8 Å². The number of nitrogens with one attached hydrogen (secondary N) is 4. The highest BCUT2D eigenvalue weighted by Crippen LogP contribution is 2.44. The summed E-state index contributed by atoms with van der Waals surface area (Å²) in [7, 11) is 0. The van der Waals surface area contributed by atoms with Gasteiger partial charge >= 0.3 is 0 Å². The predicted octanol–water partition coefficient (Wildman–Crippen LogP) is 3.95. The highest BCUT2D eigenvalue weighted by molar-refractivity contribution is 7.81. The average Bonchev–Trinajstić information content (AvgIpc) is 0.768. The normalized spacial score (nSPS) is 12.2. The van der Waals surface area contributed by atoms with Gasteiger partial charge in [0, 0.05) is 407 Å². The molecule has 824 valence electrons. The molecule has 0 atom stereocenters. The van der Waals surface area contributed by atoms with Gasteiger partial charge in [-0.05, 0) is 123 Å². The molecule has 4 aromatic carbocycles. The molecule has 0 unspecified atom stereocenters. The first-order chi connectivity index (χ1) is 70.2. The van der Waals surface area contributed by atoms with E-state index in [9.17, 15) is 0 Å². The minimum Gasteiger partial charge on any atom is -0.493 e. The summed E-state index contributed by atoms with van der Waals surface area (Å²) in [5.74, 6) is 2.99. The molecular weight excluding hydrogens is 1890 g/mol. The van der Waals surface area contributed by atoms with Gasteiger partial charge < -0.3 is 152 Å². The molecule has 0 fully saturated rings. The molecule has 0 amide bonds. The second-order valence-corrected chi connectivity index (χ2v) is 39.4. The minimum absolute atomic E-state index is 0.312. The standard InChI is InChI=1S/C104H200N32O4S4/c1-5-9-13-17-69-137-97-85-73-87-79-94(122-102(142)134(63-55-127(41-25-109)42-26-110)64-56-128(43-27-111)44-28-112)81-89(98(87)138-70-18-14-10-6-2)75-91-83-96(124-104(144)136(67-59-131(49-33-117)50-34-118)68-60-132(51-35-119)52-36-120)84-92(100(91)140-72-20-16-12-8-4)76-90-82-95(123-103(143)135(65-57-129(45-29-113)46-30-114)66-58-130(47-31-115)48-32-116)80-88(99(90)139-71-19-15-11-7-3)74-86(97)78-93(77-85)121-101(141)133(61-53-125(37-21-105)38-22-106)62-54-126(39-23-107)40-24-108/h77-84H,5-76,105-120H2,1-4H3,(H,121,141)(H,122,142)(H,123,143)(H,124,144). The van der Waals surface area contributed by atoms with Crippen LogP contribution in [0.3, 0.4) is 0 Å². The Labute approximate surface area is 889 Å². The number of thiocarbonyl (C=S) groups is 4. The van der Waals surface area contributed by atoms with Crippen LogP contribution in [0.5, 0.6) is 23.0 Å². The number of nitrogens with two attached hydrogens (primary N) is 16. The van der Waals surface area contributed by atoms with E-state index in [1.165, 1.54) is 0 Å². The number of rotatable bonds is 84. The van der Waals surface area contributed by atoms with Crippen molar-refractivity contribution in [2.24, 2.45) is 91.7 Å². The fourth-order valence-corrected chi connectivity index (χ4v) is 19.7. The third-order valence-corrected chi connectivity index (χ3v) is 27.7. The number of hydrogen-bond acceptors (Lipinski definition) is 32. The lowest BCUT2D eigenvalue weighted by molar-refractivity contribution is 0.229. The molecule has 0 saturated heterocycles. The van der Waals surface area contributed by atoms with Crippen molar-refractivity contribution in [2.45, 2.75) is 156 Å². The first-order valence-corrected chi connectivity index (χ1v) is 56.2. The summed E-state index contributed by atoms with van der Waals surface area (Å²) in [6.45, 7) is 39.1. The fourth-order valence-electron chi connectivity index (χ4n) is 18.5. The molecule has 4 aromatic rings. The molecule has 36 N–H and O–H groups in total. The Morgan fingerprint density at radius 2 is 0.333 bits per heavy atom. The van der Waals surface area contributed by atoms with Gasteiger partial charge in [0.15, 0.2) is 20.4 Å². The summed E-state index contributed by atoms with van der Waals surface area (Å²) in [6, 6.07) is 18.0. The maximum absolute atomic E-state index is 7.68. The third-order valence-electron chi connectivity index (χ3n) is 26.2. The number of hydrogen-bond donors (Lipinski definition) is 20. The van der Waals surface area contributed by atoms with Crippen molar-refractivity contribution in [3.05, 3.63) is 93.0 Å². The Hall–Kier alpha value is -6.12. The van der Waals surface area contributed by atoms with Crippen LogP contribution in [-0.4, -0.2) is 420 Å². The van der Waals surface area contributed by atoms with Crippen LogP contribution in [0, 0.1) is 0 Å². The second-order valence-electron chi connectivity index (χ2n) is 37.9. The van der Waals surface area contributed by atoms with Crippen LogP contribution in [0.25, 0.3) is 0 Å². The number of fused-ring (bicyclic) bond motifs is 8. The molecule has 1 aliphatic rings. The monoisotopic (exact) mass is 2090 g/mol. The molecular formula is C104H200N32O4S4. The van der Waals surface area contributed by atoms with E-state index < -0.39 is 0 Å². The van der Waals surface area contributed by atoms with Crippen molar-refractivity contribution in [2.75, 3.05) is 362 Å². The summed E-state index contributed by atoms with van der Waals surface area (Å²) in [5, 5.41) is 17.9. The zero-order valence-corrected chi connectivity index (χ0v) is 92.7. The van der Waals surface area contributed by atoms with Gasteiger partial charge in [-0.15, -0.1) is 0 Å². The lowest BCUT2D eigenvalue weighted by Gasteiger charge is -2.32. The number of nitrogens with zero attached hydrogens (tertiary/aromatic N) is 12. The van der Waals surface area contributed by atoms with E-state index >= 15 is 0 Å². The summed E-state index contributed by atoms with van der Waals surface area (Å²) in [5.41, 5.74) is 112. The van der Waals surface area contributed by atoms with Crippen molar-refractivity contribution in [3.63, 3.8) is 0 Å². The molecule has 0 aromatic heterocycles. The number of ether oxygens (including phenoxy) is 4. The van der Waals surface area contributed by atoms with Crippen LogP contribution < -0.4 is 132 Å². The predicted molar refractivity (Wildman–Crippen MR) is 623 cm³/mol. The Morgan fingerprint density at radius 3 is 0.451 bits per heavy atom. The number of benzene rings is 4. The highest BCUT2D eigenvalue weighted by Gasteiger charge is 2.30. The van der Waals surface area contributed by atoms with Gasteiger partial charge in [-0.2, -0.15) is 0 Å². The van der Waals surface area contributed by atoms with E-state index in [4.69, 9.17) is 160 Å². The summed E-state index contributed by atoms with van der Waals surface area (Å²) in [6.07, 6.45) is 16.8. The van der Waals surface area contributed by atoms with E-state index in [1.54, 1.807) is 0 Å². The van der Waals surface area contributed by atoms with E-state index in [2.05, 4.69) is 156 Å². The van der Waals surface area contributed by atoms with Crippen LogP contribution in [-0.2, 0) is 25.7 Å². The Balaban J connectivity index is 2.22. The maximum atomic E-state index is 7.68. The van der Waals surface area contributed by atoms with Crippen molar-refractivity contribution in [3.8, 4) is 23.0 Å². The van der Waals surface area contributed by atoms with E-state index in [1.807, 2.05) is 0 Å². The van der Waals surface area contributed by atoms with E-state index in [0.717, 1.165) is 193 Å². The second kappa shape index (κ2) is 79.9. The molecule has 8 bridgehead atoms. The van der Waals surface area contributed by atoms with Gasteiger partial charge in [0.25, 0.3) is 0 Å². The van der Waals surface area contributed by atoms with Gasteiger partial charge in [-0.25, -0.2) is 0 Å². The fraction of sp³-hybridized carbons (Fsp3) is 0.731. The Kier molecular flexibility index (Phi) is 71.2. The topological polar surface area (TPSA) is 540 Å². The maximum Gasteiger partial charge on any atom is 0.173 e. The summed E-state index contributed by atoms with van der Waals surface area (Å²) in [4.78, 5) is 27.5. The third kappa shape index (κ3) is 50.2. The first-order valence-electron chi connectivity index (χ1n) is 54.6. The molecule has 0 radical (unpaired) electrons. The molecule has 1 aliphatic carbocycles.